The fourth-order valence-corrected chi connectivity index (χ4v) is 2.45. The first kappa shape index (κ1) is 14.2. The molecule has 0 bridgehead atoms. The SMILES string of the molecule is CC(C)CC(CN)N1C(=O)CC(C)(C)CC1=O. The van der Waals surface area contributed by atoms with Crippen LogP contribution in [0.25, 0.3) is 0 Å². The zero-order chi connectivity index (χ0) is 13.2. The van der Waals surface area contributed by atoms with Gasteiger partial charge in [-0.3, -0.25) is 14.5 Å². The topological polar surface area (TPSA) is 63.4 Å². The van der Waals surface area contributed by atoms with Gasteiger partial charge in [-0.15, -0.1) is 0 Å². The molecule has 1 aliphatic heterocycles. The zero-order valence-corrected chi connectivity index (χ0v) is 11.3. The third-order valence-electron chi connectivity index (χ3n) is 3.18. The van der Waals surface area contributed by atoms with E-state index in [4.69, 9.17) is 5.73 Å². The molecule has 2 amide bonds. The van der Waals surface area contributed by atoms with Gasteiger partial charge in [0.25, 0.3) is 0 Å². The van der Waals surface area contributed by atoms with Crippen molar-refractivity contribution in [3.8, 4) is 0 Å². The molecule has 0 aromatic carbocycles. The van der Waals surface area contributed by atoms with Gasteiger partial charge >= 0.3 is 0 Å². The summed E-state index contributed by atoms with van der Waals surface area (Å²) in [6.07, 6.45) is 1.66. The summed E-state index contributed by atoms with van der Waals surface area (Å²) in [5, 5.41) is 0. The lowest BCUT2D eigenvalue weighted by molar-refractivity contribution is -0.155. The Balaban J connectivity index is 2.82. The fraction of sp³-hybridized carbons (Fsp3) is 0.846. The van der Waals surface area contributed by atoms with Gasteiger partial charge in [0.2, 0.25) is 11.8 Å². The average Bonchev–Trinajstić information content (AvgIpc) is 2.12. The second kappa shape index (κ2) is 5.17. The van der Waals surface area contributed by atoms with Crippen molar-refractivity contribution < 1.29 is 9.59 Å². The molecule has 1 heterocycles. The zero-order valence-electron chi connectivity index (χ0n) is 11.3. The molecule has 1 aliphatic rings. The summed E-state index contributed by atoms with van der Waals surface area (Å²) >= 11 is 0. The largest absolute Gasteiger partial charge is 0.328 e. The van der Waals surface area contributed by atoms with Crippen LogP contribution in [0.2, 0.25) is 0 Å². The Morgan fingerprint density at radius 1 is 1.24 bits per heavy atom. The summed E-state index contributed by atoms with van der Waals surface area (Å²) in [6.45, 7) is 8.42. The number of nitrogens with two attached hydrogens (primary N) is 1. The predicted molar refractivity (Wildman–Crippen MR) is 67.2 cm³/mol. The van der Waals surface area contributed by atoms with Gasteiger partial charge in [-0.25, -0.2) is 0 Å². The van der Waals surface area contributed by atoms with E-state index in [0.29, 0.717) is 25.3 Å². The minimum absolute atomic E-state index is 0.0673. The van der Waals surface area contributed by atoms with Crippen LogP contribution >= 0.6 is 0 Å². The molecular weight excluding hydrogens is 216 g/mol. The maximum absolute atomic E-state index is 12.1. The quantitative estimate of drug-likeness (QED) is 0.758. The number of amides is 2. The van der Waals surface area contributed by atoms with Crippen LogP contribution in [0.3, 0.4) is 0 Å². The van der Waals surface area contributed by atoms with Crippen LogP contribution in [0, 0.1) is 11.3 Å². The monoisotopic (exact) mass is 240 g/mol. The molecule has 0 aromatic heterocycles. The van der Waals surface area contributed by atoms with Crippen molar-refractivity contribution in [2.45, 2.75) is 53.0 Å². The molecule has 1 unspecified atom stereocenters. The minimum Gasteiger partial charge on any atom is -0.328 e. The van der Waals surface area contributed by atoms with E-state index in [-0.39, 0.29) is 23.3 Å². The summed E-state index contributed by atoms with van der Waals surface area (Å²) in [7, 11) is 0. The van der Waals surface area contributed by atoms with Crippen LogP contribution < -0.4 is 5.73 Å². The Kier molecular flexibility index (Phi) is 4.31. The summed E-state index contributed by atoms with van der Waals surface area (Å²) in [5.41, 5.74) is 5.49. The first-order valence-electron chi connectivity index (χ1n) is 6.32. The number of rotatable bonds is 4. The molecule has 1 saturated heterocycles. The molecule has 98 valence electrons. The van der Waals surface area contributed by atoms with Crippen molar-refractivity contribution in [2.24, 2.45) is 17.1 Å². The molecule has 4 heteroatoms. The van der Waals surface area contributed by atoms with E-state index in [0.717, 1.165) is 6.42 Å². The van der Waals surface area contributed by atoms with E-state index in [1.165, 1.54) is 4.90 Å². The molecule has 17 heavy (non-hydrogen) atoms. The Morgan fingerprint density at radius 2 is 1.71 bits per heavy atom. The van der Waals surface area contributed by atoms with Gasteiger partial charge in [-0.05, 0) is 17.8 Å². The Morgan fingerprint density at radius 3 is 2.06 bits per heavy atom. The van der Waals surface area contributed by atoms with Crippen molar-refractivity contribution in [1.29, 1.82) is 0 Å². The van der Waals surface area contributed by atoms with Gasteiger partial charge in [-0.2, -0.15) is 0 Å². The van der Waals surface area contributed by atoms with Crippen molar-refractivity contribution in [3.63, 3.8) is 0 Å². The van der Waals surface area contributed by atoms with Crippen LogP contribution in [0.4, 0.5) is 0 Å². The van der Waals surface area contributed by atoms with Crippen LogP contribution in [0.5, 0.6) is 0 Å². The summed E-state index contributed by atoms with van der Waals surface area (Å²) in [5.74, 6) is 0.295. The van der Waals surface area contributed by atoms with Crippen molar-refractivity contribution in [1.82, 2.24) is 4.90 Å². The highest BCUT2D eigenvalue weighted by Gasteiger charge is 2.40. The predicted octanol–water partition coefficient (Wildman–Crippen LogP) is 1.53. The molecule has 1 fully saturated rings. The molecule has 0 aliphatic carbocycles. The number of nitrogens with zero attached hydrogens (tertiary/aromatic N) is 1. The highest BCUT2D eigenvalue weighted by molar-refractivity contribution is 5.98. The number of carbonyl (C=O) groups excluding carboxylic acids is 2. The number of likely N-dealkylation sites (tertiary alicyclic amines) is 1. The average molecular weight is 240 g/mol. The molecule has 4 nitrogen and oxygen atoms in total. The first-order valence-corrected chi connectivity index (χ1v) is 6.32. The highest BCUT2D eigenvalue weighted by Crippen LogP contribution is 2.33. The van der Waals surface area contributed by atoms with E-state index in [9.17, 15) is 9.59 Å². The van der Waals surface area contributed by atoms with Gasteiger partial charge < -0.3 is 5.73 Å². The van der Waals surface area contributed by atoms with Crippen LogP contribution in [0.1, 0.15) is 47.0 Å². The van der Waals surface area contributed by atoms with Gasteiger partial charge in [0, 0.05) is 19.4 Å². The number of piperidine rings is 1. The summed E-state index contributed by atoms with van der Waals surface area (Å²) < 4.78 is 0. The van der Waals surface area contributed by atoms with Gasteiger partial charge in [0.05, 0.1) is 6.04 Å². The van der Waals surface area contributed by atoms with Crippen LogP contribution in [-0.4, -0.2) is 29.3 Å². The van der Waals surface area contributed by atoms with Gasteiger partial charge in [0.1, 0.15) is 0 Å². The Bertz CT molecular complexity index is 291. The molecule has 1 atom stereocenters. The van der Waals surface area contributed by atoms with Crippen molar-refractivity contribution >= 4 is 11.8 Å². The number of hydrogen-bond donors (Lipinski definition) is 1. The number of hydrogen-bond acceptors (Lipinski definition) is 3. The Labute approximate surface area is 104 Å². The van der Waals surface area contributed by atoms with Crippen molar-refractivity contribution in [2.75, 3.05) is 6.54 Å². The van der Waals surface area contributed by atoms with Gasteiger partial charge in [-0.1, -0.05) is 27.7 Å². The lowest BCUT2D eigenvalue weighted by Gasteiger charge is -2.39. The lowest BCUT2D eigenvalue weighted by atomic mass is 9.81. The van der Waals surface area contributed by atoms with E-state index in [1.807, 2.05) is 13.8 Å². The Hall–Kier alpha value is -0.900. The maximum Gasteiger partial charge on any atom is 0.230 e. The molecular formula is C13H24N2O2. The fourth-order valence-electron chi connectivity index (χ4n) is 2.45. The third kappa shape index (κ3) is 3.53. The van der Waals surface area contributed by atoms with Crippen LogP contribution in [0.15, 0.2) is 0 Å². The van der Waals surface area contributed by atoms with E-state index in [2.05, 4.69) is 13.8 Å². The standard InChI is InChI=1S/C13H24N2O2/c1-9(2)5-10(8-14)15-11(16)6-13(3,4)7-12(15)17/h9-10H,5-8,14H2,1-4H3. The lowest BCUT2D eigenvalue weighted by Crippen LogP contribution is -2.53. The smallest absolute Gasteiger partial charge is 0.230 e. The van der Waals surface area contributed by atoms with E-state index in [1.54, 1.807) is 0 Å². The second-order valence-corrected chi connectivity index (χ2v) is 6.19. The minimum atomic E-state index is -0.207. The molecule has 0 aromatic rings. The molecule has 0 spiro atoms. The number of carbonyl (C=O) groups is 2. The molecule has 1 rings (SSSR count). The van der Waals surface area contributed by atoms with Gasteiger partial charge in [0.15, 0.2) is 0 Å². The second-order valence-electron chi connectivity index (χ2n) is 6.19. The van der Waals surface area contributed by atoms with Crippen molar-refractivity contribution in [3.05, 3.63) is 0 Å². The first-order chi connectivity index (χ1) is 7.76. The molecule has 0 radical (unpaired) electrons. The van der Waals surface area contributed by atoms with E-state index >= 15 is 0 Å². The highest BCUT2D eigenvalue weighted by atomic mass is 16.2. The summed E-state index contributed by atoms with van der Waals surface area (Å²) in [4.78, 5) is 25.5. The third-order valence-corrected chi connectivity index (χ3v) is 3.18. The van der Waals surface area contributed by atoms with Crippen LogP contribution in [-0.2, 0) is 9.59 Å². The number of imide groups is 1. The van der Waals surface area contributed by atoms with E-state index < -0.39 is 0 Å². The normalized spacial score (nSPS) is 22.1. The molecule has 2 N–H and O–H groups in total. The summed E-state index contributed by atoms with van der Waals surface area (Å²) in [6, 6.07) is -0.133. The maximum atomic E-state index is 12.1. The molecule has 0 saturated carbocycles.